The Bertz CT molecular complexity index is 497. The monoisotopic (exact) mass is 374 g/mol. The molecule has 3 N–H and O–H groups in total. The Morgan fingerprint density at radius 2 is 2.14 bits per heavy atom. The molecule has 0 spiro atoms. The lowest BCUT2D eigenvalue weighted by Gasteiger charge is -2.18. The number of thioether (sulfide) groups is 1. The Morgan fingerprint density at radius 3 is 2.71 bits per heavy atom. The fourth-order valence-electron chi connectivity index (χ4n) is 1.54. The van der Waals surface area contributed by atoms with Gasteiger partial charge in [0.2, 0.25) is 11.8 Å². The van der Waals surface area contributed by atoms with E-state index in [9.17, 15) is 14.7 Å². The van der Waals surface area contributed by atoms with Crippen molar-refractivity contribution in [3.05, 3.63) is 28.7 Å². The van der Waals surface area contributed by atoms with E-state index in [4.69, 9.17) is 0 Å². The van der Waals surface area contributed by atoms with Gasteiger partial charge in [-0.2, -0.15) is 0 Å². The lowest BCUT2D eigenvalue weighted by molar-refractivity contribution is -0.127. The number of halogens is 1. The third-order valence-electron chi connectivity index (χ3n) is 2.48. The summed E-state index contributed by atoms with van der Waals surface area (Å²) in [5, 5.41) is 14.4. The molecule has 5 nitrogen and oxygen atoms in total. The average molecular weight is 375 g/mol. The van der Waals surface area contributed by atoms with Crippen LogP contribution in [0, 0.1) is 0 Å². The van der Waals surface area contributed by atoms with E-state index in [0.29, 0.717) is 5.75 Å². The van der Waals surface area contributed by atoms with Crippen LogP contribution in [-0.2, 0) is 9.59 Å². The van der Waals surface area contributed by atoms with Crippen LogP contribution >= 0.6 is 27.7 Å². The molecule has 2 atom stereocenters. The van der Waals surface area contributed by atoms with Crippen LogP contribution in [0.15, 0.2) is 33.6 Å². The molecule has 0 fully saturated rings. The SMILES string of the molecule is CC(=O)NC(CSc1cccc(Br)c1)C(=O)NCC(C)O. The van der Waals surface area contributed by atoms with E-state index in [-0.39, 0.29) is 18.4 Å². The van der Waals surface area contributed by atoms with Crippen LogP contribution < -0.4 is 10.6 Å². The van der Waals surface area contributed by atoms with Gasteiger partial charge >= 0.3 is 0 Å². The number of nitrogens with one attached hydrogen (secondary N) is 2. The van der Waals surface area contributed by atoms with Gasteiger partial charge in [-0.1, -0.05) is 22.0 Å². The summed E-state index contributed by atoms with van der Waals surface area (Å²) in [6, 6.07) is 7.08. The molecule has 1 rings (SSSR count). The molecule has 0 aliphatic carbocycles. The van der Waals surface area contributed by atoms with Crippen LogP contribution in [0.25, 0.3) is 0 Å². The van der Waals surface area contributed by atoms with Crippen LogP contribution in [0.1, 0.15) is 13.8 Å². The van der Waals surface area contributed by atoms with Gasteiger partial charge in [-0.05, 0) is 25.1 Å². The minimum Gasteiger partial charge on any atom is -0.392 e. The third kappa shape index (κ3) is 7.50. The van der Waals surface area contributed by atoms with Gasteiger partial charge in [-0.25, -0.2) is 0 Å². The first-order valence-corrected chi connectivity index (χ1v) is 8.27. The lowest BCUT2D eigenvalue weighted by atomic mass is 10.3. The highest BCUT2D eigenvalue weighted by atomic mass is 79.9. The van der Waals surface area contributed by atoms with Crippen LogP contribution in [0.3, 0.4) is 0 Å². The average Bonchev–Trinajstić information content (AvgIpc) is 2.40. The van der Waals surface area contributed by atoms with Crippen molar-refractivity contribution in [1.29, 1.82) is 0 Å². The summed E-state index contributed by atoms with van der Waals surface area (Å²) in [6.45, 7) is 3.12. The van der Waals surface area contributed by atoms with E-state index in [1.807, 2.05) is 24.3 Å². The summed E-state index contributed by atoms with van der Waals surface area (Å²) in [4.78, 5) is 24.2. The van der Waals surface area contributed by atoms with Crippen LogP contribution in [0.4, 0.5) is 0 Å². The fourth-order valence-corrected chi connectivity index (χ4v) is 3.07. The number of hydrogen-bond acceptors (Lipinski definition) is 4. The van der Waals surface area contributed by atoms with E-state index in [1.54, 1.807) is 6.92 Å². The number of benzene rings is 1. The minimum atomic E-state index is -0.634. The largest absolute Gasteiger partial charge is 0.392 e. The number of aliphatic hydroxyl groups is 1. The summed E-state index contributed by atoms with van der Waals surface area (Å²) in [6.07, 6.45) is -0.621. The van der Waals surface area contributed by atoms with Crippen LogP contribution in [-0.4, -0.2) is 41.4 Å². The van der Waals surface area contributed by atoms with E-state index in [1.165, 1.54) is 18.7 Å². The second kappa shape index (κ2) is 9.07. The van der Waals surface area contributed by atoms with Crippen molar-refractivity contribution in [2.24, 2.45) is 0 Å². The van der Waals surface area contributed by atoms with Crippen molar-refractivity contribution in [3.63, 3.8) is 0 Å². The maximum Gasteiger partial charge on any atom is 0.243 e. The number of aliphatic hydroxyl groups excluding tert-OH is 1. The van der Waals surface area contributed by atoms with Crippen molar-refractivity contribution >= 4 is 39.5 Å². The zero-order chi connectivity index (χ0) is 15.8. The molecule has 0 aliphatic rings. The second-order valence-corrected chi connectivity index (χ2v) is 6.62. The Morgan fingerprint density at radius 1 is 1.43 bits per heavy atom. The number of rotatable bonds is 7. The maximum absolute atomic E-state index is 12.0. The van der Waals surface area contributed by atoms with Gasteiger partial charge in [0.25, 0.3) is 0 Å². The van der Waals surface area contributed by atoms with Gasteiger partial charge in [-0.3, -0.25) is 9.59 Å². The summed E-state index contributed by atoms with van der Waals surface area (Å²) in [7, 11) is 0. The molecule has 0 saturated carbocycles. The number of carbonyl (C=O) groups is 2. The van der Waals surface area contributed by atoms with Crippen molar-refractivity contribution < 1.29 is 14.7 Å². The molecule has 1 aromatic carbocycles. The molecule has 7 heteroatoms. The molecule has 116 valence electrons. The molecule has 0 aliphatic heterocycles. The first-order valence-electron chi connectivity index (χ1n) is 6.49. The van der Waals surface area contributed by atoms with Gasteiger partial charge in [0.05, 0.1) is 6.10 Å². The van der Waals surface area contributed by atoms with E-state index >= 15 is 0 Å². The molecular formula is C14H19BrN2O3S. The van der Waals surface area contributed by atoms with Gasteiger partial charge in [-0.15, -0.1) is 11.8 Å². The standard InChI is InChI=1S/C14H19BrN2O3S/c1-9(18)7-16-14(20)13(17-10(2)19)8-21-12-5-3-4-11(15)6-12/h3-6,9,13,18H,7-8H2,1-2H3,(H,16,20)(H,17,19). The smallest absolute Gasteiger partial charge is 0.243 e. The predicted molar refractivity (Wildman–Crippen MR) is 87.2 cm³/mol. The van der Waals surface area contributed by atoms with Crippen LogP contribution in [0.5, 0.6) is 0 Å². The quantitative estimate of drug-likeness (QED) is 0.632. The van der Waals surface area contributed by atoms with Gasteiger partial charge < -0.3 is 15.7 Å². The van der Waals surface area contributed by atoms with Crippen molar-refractivity contribution in [3.8, 4) is 0 Å². The van der Waals surface area contributed by atoms with Gasteiger partial charge in [0.15, 0.2) is 0 Å². The van der Waals surface area contributed by atoms with Crippen molar-refractivity contribution in [2.45, 2.75) is 30.9 Å². The molecule has 0 heterocycles. The van der Waals surface area contributed by atoms with E-state index in [0.717, 1.165) is 9.37 Å². The third-order valence-corrected chi connectivity index (χ3v) is 4.06. The number of amides is 2. The van der Waals surface area contributed by atoms with Crippen molar-refractivity contribution in [1.82, 2.24) is 10.6 Å². The molecule has 0 bridgehead atoms. The number of hydrogen-bond donors (Lipinski definition) is 3. The Hall–Kier alpha value is -1.05. The van der Waals surface area contributed by atoms with Crippen LogP contribution in [0.2, 0.25) is 0 Å². The zero-order valence-electron chi connectivity index (χ0n) is 11.9. The predicted octanol–water partition coefficient (Wildman–Crippen LogP) is 1.54. The Labute approximate surface area is 137 Å². The molecule has 0 aromatic heterocycles. The molecular weight excluding hydrogens is 356 g/mol. The van der Waals surface area contributed by atoms with E-state index < -0.39 is 12.1 Å². The highest BCUT2D eigenvalue weighted by molar-refractivity contribution is 9.10. The molecule has 0 saturated heterocycles. The fraction of sp³-hybridized carbons (Fsp3) is 0.429. The molecule has 2 amide bonds. The first-order chi connectivity index (χ1) is 9.88. The molecule has 1 aromatic rings. The highest BCUT2D eigenvalue weighted by Crippen LogP contribution is 2.22. The highest BCUT2D eigenvalue weighted by Gasteiger charge is 2.19. The first kappa shape index (κ1) is 18.0. The summed E-state index contributed by atoms with van der Waals surface area (Å²) < 4.78 is 0.960. The summed E-state index contributed by atoms with van der Waals surface area (Å²) in [5.41, 5.74) is 0. The summed E-state index contributed by atoms with van der Waals surface area (Å²) in [5.74, 6) is -0.141. The summed E-state index contributed by atoms with van der Waals surface area (Å²) >= 11 is 4.87. The minimum absolute atomic E-state index is 0.163. The second-order valence-electron chi connectivity index (χ2n) is 4.62. The molecule has 0 radical (unpaired) electrons. The van der Waals surface area contributed by atoms with E-state index in [2.05, 4.69) is 26.6 Å². The van der Waals surface area contributed by atoms with Crippen molar-refractivity contribution in [2.75, 3.05) is 12.3 Å². The normalized spacial score (nSPS) is 13.3. The maximum atomic E-state index is 12.0. The molecule has 21 heavy (non-hydrogen) atoms. The van der Waals surface area contributed by atoms with Gasteiger partial charge in [0.1, 0.15) is 6.04 Å². The number of carbonyl (C=O) groups excluding carboxylic acids is 2. The Balaban J connectivity index is 2.60. The zero-order valence-corrected chi connectivity index (χ0v) is 14.3. The topological polar surface area (TPSA) is 78.4 Å². The Kier molecular flexibility index (Phi) is 7.77. The lowest BCUT2D eigenvalue weighted by Crippen LogP contribution is -2.48. The molecule has 2 unspecified atom stereocenters. The van der Waals surface area contributed by atoms with Gasteiger partial charge in [0, 0.05) is 28.6 Å².